The van der Waals surface area contributed by atoms with Crippen LogP contribution in [-0.2, 0) is 0 Å². The molecule has 124 valence electrons. The zero-order valence-corrected chi connectivity index (χ0v) is 14.2. The summed E-state index contributed by atoms with van der Waals surface area (Å²) in [5.41, 5.74) is 0.0255. The number of nitrogens with one attached hydrogen (secondary N) is 1. The SMILES string of the molecule is CCCNC1(CO)CCCC1CCN1CCC(CC)CC1. The lowest BCUT2D eigenvalue weighted by Crippen LogP contribution is -2.52. The molecule has 1 aliphatic carbocycles. The number of likely N-dealkylation sites (tertiary alicyclic amines) is 1. The van der Waals surface area contributed by atoms with Crippen LogP contribution in [0.1, 0.15) is 65.2 Å². The summed E-state index contributed by atoms with van der Waals surface area (Å²) in [6.07, 6.45) is 10.3. The number of aliphatic hydroxyl groups is 1. The maximum absolute atomic E-state index is 9.94. The minimum Gasteiger partial charge on any atom is -0.394 e. The molecule has 2 rings (SSSR count). The topological polar surface area (TPSA) is 35.5 Å². The van der Waals surface area contributed by atoms with Crippen LogP contribution in [0.2, 0.25) is 0 Å². The van der Waals surface area contributed by atoms with Gasteiger partial charge >= 0.3 is 0 Å². The van der Waals surface area contributed by atoms with Crippen molar-refractivity contribution in [2.75, 3.05) is 32.8 Å². The van der Waals surface area contributed by atoms with Gasteiger partial charge in [-0.05, 0) is 76.5 Å². The Hall–Kier alpha value is -0.120. The van der Waals surface area contributed by atoms with Crippen LogP contribution < -0.4 is 5.32 Å². The number of rotatable bonds is 8. The van der Waals surface area contributed by atoms with Crippen LogP contribution >= 0.6 is 0 Å². The third-order valence-corrected chi connectivity index (χ3v) is 6.04. The molecular weight excluding hydrogens is 260 g/mol. The van der Waals surface area contributed by atoms with Crippen LogP contribution in [0.15, 0.2) is 0 Å². The fourth-order valence-corrected chi connectivity index (χ4v) is 4.39. The number of nitrogens with zero attached hydrogens (tertiary/aromatic N) is 1. The van der Waals surface area contributed by atoms with Gasteiger partial charge in [0, 0.05) is 5.54 Å². The second kappa shape index (κ2) is 8.50. The molecular formula is C18H36N2O. The molecule has 2 fully saturated rings. The van der Waals surface area contributed by atoms with Crippen molar-refractivity contribution in [2.45, 2.75) is 70.8 Å². The first-order valence-electron chi connectivity index (χ1n) is 9.32. The van der Waals surface area contributed by atoms with Crippen molar-refractivity contribution in [1.82, 2.24) is 10.2 Å². The smallest absolute Gasteiger partial charge is 0.0616 e. The molecule has 0 bridgehead atoms. The fraction of sp³-hybridized carbons (Fsp3) is 1.00. The maximum Gasteiger partial charge on any atom is 0.0616 e. The lowest BCUT2D eigenvalue weighted by Gasteiger charge is -2.37. The van der Waals surface area contributed by atoms with Gasteiger partial charge in [0.25, 0.3) is 0 Å². The minimum atomic E-state index is 0.0255. The van der Waals surface area contributed by atoms with E-state index in [-0.39, 0.29) is 5.54 Å². The van der Waals surface area contributed by atoms with Crippen molar-refractivity contribution < 1.29 is 5.11 Å². The van der Waals surface area contributed by atoms with Gasteiger partial charge in [-0.15, -0.1) is 0 Å². The normalized spacial score (nSPS) is 31.9. The molecule has 1 saturated heterocycles. The van der Waals surface area contributed by atoms with Crippen molar-refractivity contribution >= 4 is 0 Å². The van der Waals surface area contributed by atoms with E-state index in [0.717, 1.165) is 25.3 Å². The Bertz CT molecular complexity index is 289. The predicted octanol–water partition coefficient (Wildman–Crippen LogP) is 3.03. The third kappa shape index (κ3) is 4.43. The summed E-state index contributed by atoms with van der Waals surface area (Å²) in [5, 5.41) is 13.6. The van der Waals surface area contributed by atoms with Gasteiger partial charge in [0.1, 0.15) is 0 Å². The molecule has 2 aliphatic rings. The monoisotopic (exact) mass is 296 g/mol. The molecule has 0 aromatic heterocycles. The van der Waals surface area contributed by atoms with Gasteiger partial charge in [-0.1, -0.05) is 26.7 Å². The average molecular weight is 296 g/mol. The zero-order valence-electron chi connectivity index (χ0n) is 14.2. The average Bonchev–Trinajstić information content (AvgIpc) is 2.94. The fourth-order valence-electron chi connectivity index (χ4n) is 4.39. The van der Waals surface area contributed by atoms with Gasteiger partial charge in [-0.2, -0.15) is 0 Å². The lowest BCUT2D eigenvalue weighted by atomic mass is 9.84. The predicted molar refractivity (Wildman–Crippen MR) is 89.5 cm³/mol. The van der Waals surface area contributed by atoms with Crippen LogP contribution in [0.25, 0.3) is 0 Å². The van der Waals surface area contributed by atoms with Crippen molar-refractivity contribution in [2.24, 2.45) is 11.8 Å². The van der Waals surface area contributed by atoms with Gasteiger partial charge in [0.15, 0.2) is 0 Å². The Morgan fingerprint density at radius 3 is 2.57 bits per heavy atom. The van der Waals surface area contributed by atoms with E-state index in [9.17, 15) is 5.11 Å². The third-order valence-electron chi connectivity index (χ3n) is 6.04. The first-order valence-corrected chi connectivity index (χ1v) is 9.32. The Kier molecular flexibility index (Phi) is 6.97. The van der Waals surface area contributed by atoms with E-state index in [1.54, 1.807) is 0 Å². The molecule has 2 N–H and O–H groups in total. The summed E-state index contributed by atoms with van der Waals surface area (Å²) in [5.74, 6) is 1.63. The lowest BCUT2D eigenvalue weighted by molar-refractivity contribution is 0.104. The van der Waals surface area contributed by atoms with Gasteiger partial charge in [-0.3, -0.25) is 0 Å². The van der Waals surface area contributed by atoms with Crippen molar-refractivity contribution in [3.05, 3.63) is 0 Å². The summed E-state index contributed by atoms with van der Waals surface area (Å²) in [4.78, 5) is 2.66. The van der Waals surface area contributed by atoms with E-state index >= 15 is 0 Å². The number of aliphatic hydroxyl groups excluding tert-OH is 1. The molecule has 0 radical (unpaired) electrons. The number of piperidine rings is 1. The van der Waals surface area contributed by atoms with E-state index in [0.29, 0.717) is 12.5 Å². The molecule has 2 atom stereocenters. The van der Waals surface area contributed by atoms with Crippen LogP contribution in [0.5, 0.6) is 0 Å². The Morgan fingerprint density at radius 1 is 1.19 bits per heavy atom. The van der Waals surface area contributed by atoms with E-state index < -0.39 is 0 Å². The second-order valence-corrected chi connectivity index (χ2v) is 7.31. The molecule has 0 amide bonds. The first kappa shape index (κ1) is 17.2. The van der Waals surface area contributed by atoms with Crippen LogP contribution in [0.3, 0.4) is 0 Å². The van der Waals surface area contributed by atoms with Crippen molar-refractivity contribution in [3.63, 3.8) is 0 Å². The van der Waals surface area contributed by atoms with Crippen LogP contribution in [0.4, 0.5) is 0 Å². The molecule has 3 heteroatoms. The summed E-state index contributed by atoms with van der Waals surface area (Å²) in [6.45, 7) is 9.71. The molecule has 2 unspecified atom stereocenters. The molecule has 0 aromatic carbocycles. The van der Waals surface area contributed by atoms with Crippen molar-refractivity contribution in [1.29, 1.82) is 0 Å². The highest BCUT2D eigenvalue weighted by atomic mass is 16.3. The van der Waals surface area contributed by atoms with E-state index in [1.165, 1.54) is 58.2 Å². The molecule has 0 spiro atoms. The molecule has 1 saturated carbocycles. The van der Waals surface area contributed by atoms with Crippen LogP contribution in [-0.4, -0.2) is 48.3 Å². The molecule has 0 aromatic rings. The Morgan fingerprint density at radius 2 is 1.95 bits per heavy atom. The highest BCUT2D eigenvalue weighted by molar-refractivity contribution is 4.99. The van der Waals surface area contributed by atoms with E-state index in [2.05, 4.69) is 24.1 Å². The highest BCUT2D eigenvalue weighted by Crippen LogP contribution is 2.38. The number of hydrogen-bond donors (Lipinski definition) is 2. The van der Waals surface area contributed by atoms with Crippen LogP contribution in [0, 0.1) is 11.8 Å². The van der Waals surface area contributed by atoms with Gasteiger partial charge in [0.2, 0.25) is 0 Å². The van der Waals surface area contributed by atoms with Gasteiger partial charge in [-0.25, -0.2) is 0 Å². The largest absolute Gasteiger partial charge is 0.394 e. The summed E-state index contributed by atoms with van der Waals surface area (Å²) >= 11 is 0. The highest BCUT2D eigenvalue weighted by Gasteiger charge is 2.41. The first-order chi connectivity index (χ1) is 10.2. The molecule has 1 aliphatic heterocycles. The molecule has 3 nitrogen and oxygen atoms in total. The standard InChI is InChI=1S/C18H36N2O/c1-3-11-19-18(15-21)10-5-6-17(18)9-14-20-12-7-16(4-2)8-13-20/h16-17,19,21H,3-15H2,1-2H3. The molecule has 1 heterocycles. The summed E-state index contributed by atoms with van der Waals surface area (Å²) in [6, 6.07) is 0. The van der Waals surface area contributed by atoms with Crippen molar-refractivity contribution in [3.8, 4) is 0 Å². The number of hydrogen-bond acceptors (Lipinski definition) is 3. The Labute approximate surface area is 131 Å². The maximum atomic E-state index is 9.94. The quantitative estimate of drug-likeness (QED) is 0.723. The minimum absolute atomic E-state index is 0.0255. The molecule has 21 heavy (non-hydrogen) atoms. The van der Waals surface area contributed by atoms with E-state index in [1.807, 2.05) is 0 Å². The van der Waals surface area contributed by atoms with Gasteiger partial charge in [0.05, 0.1) is 6.61 Å². The second-order valence-electron chi connectivity index (χ2n) is 7.31. The Balaban J connectivity index is 1.78. The van der Waals surface area contributed by atoms with Gasteiger partial charge < -0.3 is 15.3 Å². The summed E-state index contributed by atoms with van der Waals surface area (Å²) in [7, 11) is 0. The zero-order chi connectivity index (χ0) is 15.1. The summed E-state index contributed by atoms with van der Waals surface area (Å²) < 4.78 is 0. The van der Waals surface area contributed by atoms with E-state index in [4.69, 9.17) is 0 Å².